The molecule has 2 heterocycles. The van der Waals surface area contributed by atoms with Crippen molar-refractivity contribution < 1.29 is 9.21 Å². The molecule has 0 saturated heterocycles. The third kappa shape index (κ3) is 2.70. The van der Waals surface area contributed by atoms with Gasteiger partial charge in [-0.15, -0.1) is 11.6 Å². The molecule has 3 nitrogen and oxygen atoms in total. The predicted octanol–water partition coefficient (Wildman–Crippen LogP) is 4.43. The second-order valence-corrected chi connectivity index (χ2v) is 6.51. The molecule has 4 heteroatoms. The summed E-state index contributed by atoms with van der Waals surface area (Å²) in [4.78, 5) is 12.3. The summed E-state index contributed by atoms with van der Waals surface area (Å²) >= 11 is 5.83. The first-order valence-corrected chi connectivity index (χ1v) is 8.62. The van der Waals surface area contributed by atoms with Gasteiger partial charge in [-0.1, -0.05) is 6.07 Å². The molecule has 2 aliphatic rings. The van der Waals surface area contributed by atoms with Gasteiger partial charge in [-0.05, 0) is 61.1 Å². The molecule has 1 aliphatic heterocycles. The van der Waals surface area contributed by atoms with E-state index in [0.717, 1.165) is 47.6 Å². The highest BCUT2D eigenvalue weighted by molar-refractivity contribution is 6.34. The first-order chi connectivity index (χ1) is 11.2. The van der Waals surface area contributed by atoms with Crippen molar-refractivity contribution in [2.24, 2.45) is 0 Å². The van der Waals surface area contributed by atoms with Gasteiger partial charge in [0.15, 0.2) is 0 Å². The topological polar surface area (TPSA) is 42.2 Å². The first kappa shape index (κ1) is 14.6. The smallest absolute Gasteiger partial charge is 0.256 e. The van der Waals surface area contributed by atoms with Crippen LogP contribution < -0.4 is 5.32 Å². The lowest BCUT2D eigenvalue weighted by Gasteiger charge is -2.07. The van der Waals surface area contributed by atoms with Crippen LogP contribution in [0, 0.1) is 0 Å². The Labute approximate surface area is 140 Å². The van der Waals surface area contributed by atoms with Crippen LogP contribution in [-0.2, 0) is 24.1 Å². The van der Waals surface area contributed by atoms with Gasteiger partial charge in [0.25, 0.3) is 5.91 Å². The average Bonchev–Trinajstić information content (AvgIpc) is 3.09. The first-order valence-electron chi connectivity index (χ1n) is 8.08. The molecular formula is C19H18ClNO2. The standard InChI is InChI=1S/C19H18ClNO2/c20-8-7-12-5-6-17-15(9-12)16(19(22)21-17)11-14-10-13-3-1-2-4-18(13)23-14/h5-6,9-11H,1-4,7-8H2,(H,21,22). The van der Waals surface area contributed by atoms with E-state index >= 15 is 0 Å². The third-order valence-corrected chi connectivity index (χ3v) is 4.74. The summed E-state index contributed by atoms with van der Waals surface area (Å²) in [6.45, 7) is 0. The monoisotopic (exact) mass is 327 g/mol. The Hall–Kier alpha value is -2.00. The lowest BCUT2D eigenvalue weighted by molar-refractivity contribution is -0.110. The molecule has 0 saturated carbocycles. The van der Waals surface area contributed by atoms with E-state index in [4.69, 9.17) is 16.0 Å². The Bertz CT molecular complexity index is 780. The number of rotatable bonds is 3. The van der Waals surface area contributed by atoms with Crippen molar-refractivity contribution in [3.05, 3.63) is 52.5 Å². The number of aryl methyl sites for hydroxylation is 3. The van der Waals surface area contributed by atoms with Crippen molar-refractivity contribution in [3.63, 3.8) is 0 Å². The number of carbonyl (C=O) groups excluding carboxylic acids is 1. The molecule has 1 aliphatic carbocycles. The number of hydrogen-bond donors (Lipinski definition) is 1. The van der Waals surface area contributed by atoms with Gasteiger partial charge in [0, 0.05) is 23.6 Å². The van der Waals surface area contributed by atoms with Crippen LogP contribution in [0.4, 0.5) is 5.69 Å². The minimum atomic E-state index is -0.0719. The molecule has 0 atom stereocenters. The number of furan rings is 1. The minimum absolute atomic E-state index is 0.0719. The molecule has 0 radical (unpaired) electrons. The van der Waals surface area contributed by atoms with E-state index in [2.05, 4.69) is 11.4 Å². The molecule has 1 aromatic heterocycles. The van der Waals surface area contributed by atoms with Crippen molar-refractivity contribution >= 4 is 34.8 Å². The lowest BCUT2D eigenvalue weighted by atomic mass is 9.98. The van der Waals surface area contributed by atoms with Crippen LogP contribution in [0.3, 0.4) is 0 Å². The maximum atomic E-state index is 12.3. The van der Waals surface area contributed by atoms with Crippen LogP contribution in [0.25, 0.3) is 11.6 Å². The van der Waals surface area contributed by atoms with Crippen molar-refractivity contribution in [2.75, 3.05) is 11.2 Å². The Morgan fingerprint density at radius 3 is 2.91 bits per heavy atom. The maximum absolute atomic E-state index is 12.3. The van der Waals surface area contributed by atoms with Gasteiger partial charge in [-0.3, -0.25) is 4.79 Å². The van der Waals surface area contributed by atoms with Gasteiger partial charge in [0.1, 0.15) is 11.5 Å². The van der Waals surface area contributed by atoms with E-state index in [1.807, 2.05) is 24.3 Å². The summed E-state index contributed by atoms with van der Waals surface area (Å²) in [6, 6.07) is 8.08. The summed E-state index contributed by atoms with van der Waals surface area (Å²) in [5.74, 6) is 2.36. The van der Waals surface area contributed by atoms with Gasteiger partial charge >= 0.3 is 0 Å². The summed E-state index contributed by atoms with van der Waals surface area (Å²) in [5, 5.41) is 2.92. The van der Waals surface area contributed by atoms with E-state index in [9.17, 15) is 4.79 Å². The van der Waals surface area contributed by atoms with Crippen LogP contribution in [0.5, 0.6) is 0 Å². The number of benzene rings is 1. The Morgan fingerprint density at radius 2 is 2.09 bits per heavy atom. The van der Waals surface area contributed by atoms with Crippen LogP contribution in [0.2, 0.25) is 0 Å². The quantitative estimate of drug-likeness (QED) is 0.669. The van der Waals surface area contributed by atoms with Gasteiger partial charge in [0.05, 0.1) is 5.57 Å². The van der Waals surface area contributed by atoms with Crippen molar-refractivity contribution in [1.29, 1.82) is 0 Å². The molecule has 1 N–H and O–H groups in total. The molecular weight excluding hydrogens is 310 g/mol. The third-order valence-electron chi connectivity index (χ3n) is 4.55. The molecule has 1 amide bonds. The number of fused-ring (bicyclic) bond motifs is 2. The second kappa shape index (κ2) is 5.89. The maximum Gasteiger partial charge on any atom is 0.256 e. The fraction of sp³-hybridized carbons (Fsp3) is 0.316. The average molecular weight is 328 g/mol. The molecule has 23 heavy (non-hydrogen) atoms. The minimum Gasteiger partial charge on any atom is -0.461 e. The zero-order valence-electron chi connectivity index (χ0n) is 12.8. The normalized spacial score (nSPS) is 18.0. The molecule has 0 unspecified atom stereocenters. The molecule has 2 aromatic rings. The lowest BCUT2D eigenvalue weighted by Crippen LogP contribution is -2.03. The van der Waals surface area contributed by atoms with Crippen LogP contribution in [0.15, 0.2) is 28.7 Å². The van der Waals surface area contributed by atoms with Gasteiger partial charge in [-0.25, -0.2) is 0 Å². The summed E-state index contributed by atoms with van der Waals surface area (Å²) in [7, 11) is 0. The SMILES string of the molecule is O=C1Nc2ccc(CCCl)cc2C1=Cc1cc2c(o1)CCCC2. The van der Waals surface area contributed by atoms with Gasteiger partial charge in [0.2, 0.25) is 0 Å². The number of anilines is 1. The van der Waals surface area contributed by atoms with E-state index in [0.29, 0.717) is 11.5 Å². The van der Waals surface area contributed by atoms with Crippen molar-refractivity contribution in [2.45, 2.75) is 32.1 Å². The van der Waals surface area contributed by atoms with E-state index < -0.39 is 0 Å². The molecule has 0 spiro atoms. The molecule has 118 valence electrons. The Morgan fingerprint density at radius 1 is 1.22 bits per heavy atom. The highest BCUT2D eigenvalue weighted by Gasteiger charge is 2.25. The Balaban J connectivity index is 1.73. The van der Waals surface area contributed by atoms with Crippen LogP contribution in [-0.4, -0.2) is 11.8 Å². The number of carbonyl (C=O) groups is 1. The number of alkyl halides is 1. The number of nitrogens with one attached hydrogen (secondary N) is 1. The zero-order chi connectivity index (χ0) is 15.8. The molecule has 0 fully saturated rings. The molecule has 1 aromatic carbocycles. The van der Waals surface area contributed by atoms with Crippen molar-refractivity contribution in [1.82, 2.24) is 0 Å². The predicted molar refractivity (Wildman–Crippen MR) is 92.7 cm³/mol. The van der Waals surface area contributed by atoms with Crippen LogP contribution >= 0.6 is 11.6 Å². The summed E-state index contributed by atoms with van der Waals surface area (Å²) in [5.41, 5.74) is 4.89. The fourth-order valence-corrected chi connectivity index (χ4v) is 3.59. The number of halogens is 1. The highest BCUT2D eigenvalue weighted by Crippen LogP contribution is 2.35. The number of amides is 1. The van der Waals surface area contributed by atoms with Crippen molar-refractivity contribution in [3.8, 4) is 0 Å². The van der Waals surface area contributed by atoms with Crippen LogP contribution in [0.1, 0.15) is 41.1 Å². The fourth-order valence-electron chi connectivity index (χ4n) is 3.37. The molecule has 0 bridgehead atoms. The summed E-state index contributed by atoms with van der Waals surface area (Å²) < 4.78 is 5.93. The second-order valence-electron chi connectivity index (χ2n) is 6.14. The van der Waals surface area contributed by atoms with E-state index in [1.165, 1.54) is 18.4 Å². The zero-order valence-corrected chi connectivity index (χ0v) is 13.6. The highest BCUT2D eigenvalue weighted by atomic mass is 35.5. The van der Waals surface area contributed by atoms with Gasteiger partial charge < -0.3 is 9.73 Å². The van der Waals surface area contributed by atoms with E-state index in [-0.39, 0.29) is 5.91 Å². The van der Waals surface area contributed by atoms with Gasteiger partial charge in [-0.2, -0.15) is 0 Å². The van der Waals surface area contributed by atoms with E-state index in [1.54, 1.807) is 0 Å². The number of hydrogen-bond acceptors (Lipinski definition) is 2. The molecule has 4 rings (SSSR count). The largest absolute Gasteiger partial charge is 0.461 e. The summed E-state index contributed by atoms with van der Waals surface area (Å²) in [6.07, 6.45) is 7.14. The Kier molecular flexibility index (Phi) is 3.74.